The number of hydrogen-bond donors (Lipinski definition) is 3. The molecule has 0 radical (unpaired) electrons. The predicted molar refractivity (Wildman–Crippen MR) is 162 cm³/mol. The minimum atomic E-state index is -0.893. The van der Waals surface area contributed by atoms with Gasteiger partial charge in [0.15, 0.2) is 0 Å². The topological polar surface area (TPSA) is 135 Å². The minimum Gasteiger partial charge on any atom is -0.447 e. The van der Waals surface area contributed by atoms with Crippen LogP contribution in [-0.4, -0.2) is 54.5 Å². The first-order valence-corrected chi connectivity index (χ1v) is 14.0. The molecular formula is C30H28Cl2FN5O6. The smallest absolute Gasteiger partial charge is 0.414 e. The van der Waals surface area contributed by atoms with E-state index < -0.39 is 30.1 Å². The molecule has 0 saturated carbocycles. The van der Waals surface area contributed by atoms with Crippen molar-refractivity contribution < 1.29 is 32.8 Å². The molecule has 0 bridgehead atoms. The van der Waals surface area contributed by atoms with Crippen molar-refractivity contribution in [1.29, 1.82) is 0 Å². The van der Waals surface area contributed by atoms with E-state index in [9.17, 15) is 18.8 Å². The molecule has 14 heteroatoms. The zero-order valence-corrected chi connectivity index (χ0v) is 24.9. The zero-order chi connectivity index (χ0) is 31.5. The Labute approximate surface area is 262 Å². The van der Waals surface area contributed by atoms with Gasteiger partial charge in [-0.25, -0.2) is 18.8 Å². The first-order chi connectivity index (χ1) is 21.2. The highest BCUT2D eigenvalue weighted by Gasteiger charge is 2.24. The van der Waals surface area contributed by atoms with E-state index >= 15 is 0 Å². The molecule has 0 aliphatic rings. The maximum absolute atomic E-state index is 13.8. The summed E-state index contributed by atoms with van der Waals surface area (Å²) in [5.41, 5.74) is 2.28. The Morgan fingerprint density at radius 1 is 0.955 bits per heavy atom. The standard InChI is InChI=1S/C30H28Cl2FN5O6/c1-38(28(39)34-15-21-10-6-12-24(33)27(21)32)23(16-35-29(40)42-17-19-7-3-2-4-8-19)18-43-30(41)36-26-14-25(37-44-26)20-9-5-11-22(31)13-20/h2-14,23H,15-18H2,1H3,(H,34,39)(H,35,40)(H,36,41)/t23-/m0/s1. The number of nitrogens with one attached hydrogen (secondary N) is 3. The van der Waals surface area contributed by atoms with Crippen molar-refractivity contribution in [2.75, 3.05) is 25.5 Å². The Morgan fingerprint density at radius 2 is 1.73 bits per heavy atom. The lowest BCUT2D eigenvalue weighted by Gasteiger charge is -2.28. The van der Waals surface area contributed by atoms with E-state index in [4.69, 9.17) is 37.2 Å². The molecule has 0 saturated heterocycles. The number of aromatic nitrogens is 1. The highest BCUT2D eigenvalue weighted by Crippen LogP contribution is 2.24. The summed E-state index contributed by atoms with van der Waals surface area (Å²) in [5, 5.41) is 11.9. The maximum Gasteiger partial charge on any atom is 0.414 e. The van der Waals surface area contributed by atoms with Crippen molar-refractivity contribution in [3.63, 3.8) is 0 Å². The van der Waals surface area contributed by atoms with Crippen LogP contribution in [-0.2, 0) is 22.6 Å². The van der Waals surface area contributed by atoms with Gasteiger partial charge >= 0.3 is 18.2 Å². The summed E-state index contributed by atoms with van der Waals surface area (Å²) in [6.07, 6.45) is -1.63. The molecule has 1 heterocycles. The third-order valence-electron chi connectivity index (χ3n) is 6.29. The number of ether oxygens (including phenoxy) is 2. The summed E-state index contributed by atoms with van der Waals surface area (Å²) < 4.78 is 29.5. The monoisotopic (exact) mass is 643 g/mol. The molecule has 0 aliphatic carbocycles. The van der Waals surface area contributed by atoms with E-state index in [2.05, 4.69) is 21.1 Å². The first kappa shape index (κ1) is 32.1. The van der Waals surface area contributed by atoms with Gasteiger partial charge in [-0.05, 0) is 29.3 Å². The fourth-order valence-corrected chi connectivity index (χ4v) is 4.24. The van der Waals surface area contributed by atoms with E-state index in [1.165, 1.54) is 30.1 Å². The summed E-state index contributed by atoms with van der Waals surface area (Å²) in [6.45, 7) is -0.492. The van der Waals surface area contributed by atoms with Crippen LogP contribution in [0.1, 0.15) is 11.1 Å². The van der Waals surface area contributed by atoms with Gasteiger partial charge in [-0.3, -0.25) is 5.32 Å². The number of halogens is 3. The van der Waals surface area contributed by atoms with Gasteiger partial charge in [-0.1, -0.05) is 83.0 Å². The van der Waals surface area contributed by atoms with Crippen molar-refractivity contribution in [2.45, 2.75) is 19.2 Å². The van der Waals surface area contributed by atoms with Crippen LogP contribution >= 0.6 is 23.2 Å². The number of carbonyl (C=O) groups excluding carboxylic acids is 3. The quantitative estimate of drug-likeness (QED) is 0.170. The van der Waals surface area contributed by atoms with Crippen molar-refractivity contribution >= 4 is 47.3 Å². The second kappa shape index (κ2) is 15.6. The Hall–Kier alpha value is -4.81. The third kappa shape index (κ3) is 9.35. The molecule has 1 atom stereocenters. The van der Waals surface area contributed by atoms with Gasteiger partial charge < -0.3 is 29.5 Å². The second-order valence-corrected chi connectivity index (χ2v) is 10.2. The summed E-state index contributed by atoms with van der Waals surface area (Å²) in [6, 6.07) is 20.3. The summed E-state index contributed by atoms with van der Waals surface area (Å²) in [5.74, 6) is -0.601. The number of amides is 4. The lowest BCUT2D eigenvalue weighted by molar-refractivity contribution is 0.109. The fourth-order valence-electron chi connectivity index (χ4n) is 3.86. The van der Waals surface area contributed by atoms with E-state index in [0.717, 1.165) is 5.56 Å². The Morgan fingerprint density at radius 3 is 2.50 bits per heavy atom. The normalized spacial score (nSPS) is 11.3. The molecular weight excluding hydrogens is 616 g/mol. The van der Waals surface area contributed by atoms with Crippen molar-refractivity contribution in [1.82, 2.24) is 20.7 Å². The number of nitrogens with zero attached hydrogens (tertiary/aromatic N) is 2. The zero-order valence-electron chi connectivity index (χ0n) is 23.4. The van der Waals surface area contributed by atoms with Crippen LogP contribution in [0, 0.1) is 5.82 Å². The lowest BCUT2D eigenvalue weighted by Crippen LogP contribution is -2.51. The van der Waals surface area contributed by atoms with Gasteiger partial charge in [-0.15, -0.1) is 0 Å². The van der Waals surface area contributed by atoms with Gasteiger partial charge in [0.25, 0.3) is 0 Å². The van der Waals surface area contributed by atoms with Crippen molar-refractivity contribution in [2.24, 2.45) is 0 Å². The molecule has 3 aromatic carbocycles. The van der Waals surface area contributed by atoms with Gasteiger partial charge in [0.1, 0.15) is 24.7 Å². The van der Waals surface area contributed by atoms with Gasteiger partial charge in [-0.2, -0.15) is 0 Å². The first-order valence-electron chi connectivity index (χ1n) is 13.2. The molecule has 0 spiro atoms. The Bertz CT molecular complexity index is 1590. The van der Waals surface area contributed by atoms with Gasteiger partial charge in [0.05, 0.1) is 11.1 Å². The molecule has 0 unspecified atom stereocenters. The number of rotatable bonds is 11. The van der Waals surface area contributed by atoms with Crippen LogP contribution in [0.5, 0.6) is 0 Å². The number of hydrogen-bond acceptors (Lipinski definition) is 7. The largest absolute Gasteiger partial charge is 0.447 e. The molecule has 0 aliphatic heterocycles. The summed E-state index contributed by atoms with van der Waals surface area (Å²) in [4.78, 5) is 39.1. The number of urea groups is 1. The van der Waals surface area contributed by atoms with Crippen LogP contribution in [0.25, 0.3) is 11.3 Å². The van der Waals surface area contributed by atoms with Crippen molar-refractivity contribution in [3.8, 4) is 11.3 Å². The average molecular weight is 644 g/mol. The molecule has 4 aromatic rings. The lowest BCUT2D eigenvalue weighted by atomic mass is 10.1. The van der Waals surface area contributed by atoms with E-state index in [-0.39, 0.29) is 37.2 Å². The Balaban J connectivity index is 1.35. The van der Waals surface area contributed by atoms with Gasteiger partial charge in [0, 0.05) is 36.8 Å². The molecule has 1 aromatic heterocycles. The number of carbonyl (C=O) groups is 3. The number of alkyl carbamates (subject to hydrolysis) is 1. The van der Waals surface area contributed by atoms with Crippen LogP contribution in [0.2, 0.25) is 10.0 Å². The molecule has 4 amide bonds. The third-order valence-corrected chi connectivity index (χ3v) is 6.95. The molecule has 230 valence electrons. The van der Waals surface area contributed by atoms with Gasteiger partial charge in [0.2, 0.25) is 5.88 Å². The summed E-state index contributed by atoms with van der Waals surface area (Å²) in [7, 11) is 1.44. The predicted octanol–water partition coefficient (Wildman–Crippen LogP) is 6.47. The number of likely N-dealkylation sites (N-methyl/N-ethyl adjacent to an activating group) is 1. The molecule has 44 heavy (non-hydrogen) atoms. The molecule has 4 rings (SSSR count). The molecule has 3 N–H and O–H groups in total. The second-order valence-electron chi connectivity index (χ2n) is 9.39. The van der Waals surface area contributed by atoms with Crippen LogP contribution < -0.4 is 16.0 Å². The average Bonchev–Trinajstić information content (AvgIpc) is 3.49. The van der Waals surface area contributed by atoms with E-state index in [1.54, 1.807) is 42.5 Å². The van der Waals surface area contributed by atoms with Crippen LogP contribution in [0.3, 0.4) is 0 Å². The van der Waals surface area contributed by atoms with Crippen LogP contribution in [0.15, 0.2) is 83.4 Å². The van der Waals surface area contributed by atoms with E-state index in [1.807, 2.05) is 18.2 Å². The van der Waals surface area contributed by atoms with E-state index in [0.29, 0.717) is 21.8 Å². The maximum atomic E-state index is 13.8. The SMILES string of the molecule is CN(C(=O)NCc1cccc(F)c1Cl)[C@@H](CNC(=O)OCc1ccccc1)COC(=O)Nc1cc(-c2cccc(Cl)c2)no1. The fraction of sp³-hybridized carbons (Fsp3) is 0.200. The Kier molecular flexibility index (Phi) is 11.4. The highest BCUT2D eigenvalue weighted by molar-refractivity contribution is 6.31. The van der Waals surface area contributed by atoms with Crippen LogP contribution in [0.4, 0.5) is 24.7 Å². The molecule has 11 nitrogen and oxygen atoms in total. The number of benzene rings is 3. The minimum absolute atomic E-state index is 0.0159. The highest BCUT2D eigenvalue weighted by atomic mass is 35.5. The summed E-state index contributed by atoms with van der Waals surface area (Å²) >= 11 is 12.0. The molecule has 0 fully saturated rings. The van der Waals surface area contributed by atoms with Crippen molar-refractivity contribution in [3.05, 3.63) is 106 Å². The number of anilines is 1.